The van der Waals surface area contributed by atoms with Gasteiger partial charge >= 0.3 is 17.9 Å². The van der Waals surface area contributed by atoms with Crippen molar-refractivity contribution in [3.05, 3.63) is 70.9 Å². The molecule has 1 amide bonds. The van der Waals surface area contributed by atoms with E-state index in [-0.39, 0.29) is 17.6 Å². The van der Waals surface area contributed by atoms with Gasteiger partial charge in [-0.15, -0.1) is 0 Å². The number of amides is 1. The first-order valence-corrected chi connectivity index (χ1v) is 21.3. The molecule has 14 nitrogen and oxygen atoms in total. The van der Waals surface area contributed by atoms with Crippen LogP contribution < -0.4 is 9.64 Å². The highest BCUT2D eigenvalue weighted by atomic mass is 16.6. The molecule has 1 spiro atoms. The van der Waals surface area contributed by atoms with Crippen molar-refractivity contribution in [2.24, 2.45) is 11.3 Å². The molecule has 10 rings (SSSR count). The third kappa shape index (κ3) is 4.73. The molecular formula is C46H54N4O10. The molecule has 318 valence electrons. The summed E-state index contributed by atoms with van der Waals surface area (Å²) in [4.78, 5) is 66.5. The molecule has 1 aliphatic carbocycles. The van der Waals surface area contributed by atoms with E-state index in [0.717, 1.165) is 48.2 Å². The number of piperidine rings is 1. The van der Waals surface area contributed by atoms with Gasteiger partial charge in [0.25, 0.3) is 0 Å². The van der Waals surface area contributed by atoms with Crippen molar-refractivity contribution in [1.29, 1.82) is 0 Å². The molecule has 2 aromatic carbocycles. The number of epoxide rings is 1. The molecule has 11 atom stereocenters. The van der Waals surface area contributed by atoms with E-state index in [2.05, 4.69) is 27.8 Å². The van der Waals surface area contributed by atoms with Crippen molar-refractivity contribution in [2.45, 2.75) is 99.2 Å². The van der Waals surface area contributed by atoms with E-state index in [0.29, 0.717) is 67.7 Å². The highest BCUT2D eigenvalue weighted by molar-refractivity contribution is 5.96. The number of rotatable bonds is 8. The second kappa shape index (κ2) is 13.4. The minimum Gasteiger partial charge on any atom is -0.496 e. The van der Waals surface area contributed by atoms with Gasteiger partial charge in [0.15, 0.2) is 6.10 Å². The number of anilines is 1. The largest absolute Gasteiger partial charge is 0.496 e. The molecule has 7 aliphatic rings. The third-order valence-corrected chi connectivity index (χ3v) is 15.9. The molecule has 4 fully saturated rings. The number of esters is 3. The number of para-hydroxylation sites is 1. The van der Waals surface area contributed by atoms with Crippen LogP contribution in [-0.4, -0.2) is 134 Å². The number of ether oxygens (including phenoxy) is 5. The number of carbonyl (C=O) groups is 4. The maximum Gasteiger partial charge on any atom is 0.344 e. The zero-order valence-electron chi connectivity index (χ0n) is 35.1. The van der Waals surface area contributed by atoms with E-state index in [9.17, 15) is 19.5 Å². The lowest BCUT2D eigenvalue weighted by Gasteiger charge is -2.63. The number of H-pyrrole nitrogens is 1. The first-order chi connectivity index (χ1) is 28.9. The SMILES string of the molecule is CC[C@]12CN3CCc4c([nH]c5ccccc45)[C@@](C(=O)OC)(c4cc5c(cc4OC)N(C=O)[C@H]4[C@@](O)(C(=O)OC)[C@H](OC(C)=O)[C@]6(CC)C=CCN7CC[C@]54[C@@H]76)C[C@@H](C3)[C@H]1O2. The standard InChI is InChI=1S/C46H54N4O10/c1-7-42-15-11-17-49-19-16-44(37(42)49)30-20-31(34(56-4)21-33(30)50(25-51)38(44)46(55,41(54)58-6)39(42)59-26(3)52)45(40(53)57-5)22-27-23-48(24-43(8-2)36(27)60-43)18-14-29-28-12-9-10-13-32(28)47-35(29)45/h9-13,15,20-21,25,27,36-39,47,55H,7-8,14,16-19,22-24H2,1-6H3/t27-,36+,37-,38+,39+,42+,43-,44+,45-,46-/m0/s1. The molecular weight excluding hydrogens is 769 g/mol. The molecule has 7 heterocycles. The van der Waals surface area contributed by atoms with Gasteiger partial charge in [0.05, 0.1) is 39.2 Å². The van der Waals surface area contributed by atoms with Crippen LogP contribution in [0.5, 0.6) is 5.75 Å². The molecule has 3 aromatic rings. The van der Waals surface area contributed by atoms with Crippen LogP contribution in [0.2, 0.25) is 0 Å². The first-order valence-electron chi connectivity index (χ1n) is 21.3. The van der Waals surface area contributed by atoms with Crippen LogP contribution in [0.1, 0.15) is 68.8 Å². The van der Waals surface area contributed by atoms with Gasteiger partial charge < -0.3 is 38.7 Å². The number of aromatic nitrogens is 1. The number of aliphatic hydroxyl groups is 1. The van der Waals surface area contributed by atoms with Gasteiger partial charge in [-0.05, 0) is 61.9 Å². The number of methoxy groups -OCH3 is 3. The zero-order valence-corrected chi connectivity index (χ0v) is 35.1. The molecule has 60 heavy (non-hydrogen) atoms. The predicted molar refractivity (Wildman–Crippen MR) is 219 cm³/mol. The summed E-state index contributed by atoms with van der Waals surface area (Å²) in [6.07, 6.45) is 5.84. The van der Waals surface area contributed by atoms with Gasteiger partial charge in [0.1, 0.15) is 16.8 Å². The van der Waals surface area contributed by atoms with Crippen LogP contribution in [0.25, 0.3) is 10.9 Å². The second-order valence-corrected chi connectivity index (χ2v) is 18.2. The summed E-state index contributed by atoms with van der Waals surface area (Å²) < 4.78 is 30.4. The van der Waals surface area contributed by atoms with Gasteiger partial charge in [-0.2, -0.15) is 0 Å². The van der Waals surface area contributed by atoms with Gasteiger partial charge in [-0.1, -0.05) is 44.2 Å². The molecule has 14 heteroatoms. The number of fused-ring (bicyclic) bond motifs is 8. The highest BCUT2D eigenvalue weighted by Gasteiger charge is 2.81. The molecule has 3 saturated heterocycles. The first kappa shape index (κ1) is 39.4. The fourth-order valence-corrected chi connectivity index (χ4v) is 13.7. The molecule has 2 N–H and O–H groups in total. The van der Waals surface area contributed by atoms with Crippen molar-refractivity contribution >= 4 is 40.9 Å². The number of hydrogen-bond donors (Lipinski definition) is 2. The summed E-state index contributed by atoms with van der Waals surface area (Å²) in [5, 5.41) is 14.3. The normalized spacial score (nSPS) is 38.2. The zero-order chi connectivity index (χ0) is 42.1. The Morgan fingerprint density at radius 2 is 1.80 bits per heavy atom. The number of hydrogen-bond acceptors (Lipinski definition) is 12. The van der Waals surface area contributed by atoms with E-state index in [1.807, 2.05) is 43.3 Å². The van der Waals surface area contributed by atoms with E-state index in [1.54, 1.807) is 13.2 Å². The smallest absolute Gasteiger partial charge is 0.344 e. The van der Waals surface area contributed by atoms with Crippen molar-refractivity contribution in [1.82, 2.24) is 14.8 Å². The van der Waals surface area contributed by atoms with Gasteiger partial charge in [0.2, 0.25) is 12.0 Å². The lowest BCUT2D eigenvalue weighted by Crippen LogP contribution is -2.81. The molecule has 6 aliphatic heterocycles. The van der Waals surface area contributed by atoms with Crippen LogP contribution in [0, 0.1) is 11.3 Å². The van der Waals surface area contributed by atoms with Gasteiger partial charge in [-0.25, -0.2) is 4.79 Å². The molecule has 0 radical (unpaired) electrons. The Labute approximate surface area is 349 Å². The maximum absolute atomic E-state index is 15.4. The molecule has 1 unspecified atom stereocenters. The lowest BCUT2D eigenvalue weighted by molar-refractivity contribution is -0.228. The van der Waals surface area contributed by atoms with Crippen molar-refractivity contribution in [2.75, 3.05) is 59.0 Å². The van der Waals surface area contributed by atoms with Crippen LogP contribution in [0.15, 0.2) is 48.6 Å². The Morgan fingerprint density at radius 3 is 2.50 bits per heavy atom. The monoisotopic (exact) mass is 822 g/mol. The summed E-state index contributed by atoms with van der Waals surface area (Å²) in [6.45, 7) is 8.86. The van der Waals surface area contributed by atoms with E-state index in [1.165, 1.54) is 26.0 Å². The Balaban J connectivity index is 1.29. The summed E-state index contributed by atoms with van der Waals surface area (Å²) in [6, 6.07) is 10.2. The van der Waals surface area contributed by atoms with Crippen LogP contribution in [0.4, 0.5) is 5.69 Å². The molecule has 1 aromatic heterocycles. The van der Waals surface area contributed by atoms with Crippen LogP contribution >= 0.6 is 0 Å². The number of nitrogens with zero attached hydrogens (tertiary/aromatic N) is 3. The second-order valence-electron chi connectivity index (χ2n) is 18.2. The minimum atomic E-state index is -2.52. The number of benzene rings is 2. The Bertz CT molecular complexity index is 2360. The Morgan fingerprint density at radius 1 is 1.02 bits per heavy atom. The third-order valence-electron chi connectivity index (χ3n) is 15.9. The molecule has 1 saturated carbocycles. The van der Waals surface area contributed by atoms with Crippen LogP contribution in [0.3, 0.4) is 0 Å². The summed E-state index contributed by atoms with van der Waals surface area (Å²) in [5.41, 5.74) is -2.15. The van der Waals surface area contributed by atoms with Crippen molar-refractivity contribution in [3.63, 3.8) is 0 Å². The maximum atomic E-state index is 15.4. The van der Waals surface area contributed by atoms with Crippen molar-refractivity contribution < 1.29 is 48.0 Å². The van der Waals surface area contributed by atoms with E-state index >= 15 is 4.79 Å². The quantitative estimate of drug-likeness (QED) is 0.112. The average molecular weight is 823 g/mol. The topological polar surface area (TPSA) is 163 Å². The average Bonchev–Trinajstić information content (AvgIpc) is 3.53. The Hall–Kier alpha value is -4.76. The summed E-state index contributed by atoms with van der Waals surface area (Å²) in [7, 11) is 4.15. The van der Waals surface area contributed by atoms with Crippen LogP contribution in [-0.2, 0) is 55.4 Å². The fourth-order valence-electron chi connectivity index (χ4n) is 13.7. The Kier molecular flexibility index (Phi) is 8.77. The van der Waals surface area contributed by atoms with Gasteiger partial charge in [0, 0.05) is 84.1 Å². The minimum absolute atomic E-state index is 0.0585. The van der Waals surface area contributed by atoms with Crippen molar-refractivity contribution in [3.8, 4) is 5.75 Å². The number of nitrogens with one attached hydrogen (secondary N) is 1. The fraction of sp³-hybridized carbons (Fsp3) is 0.565. The number of aromatic amines is 1. The summed E-state index contributed by atoms with van der Waals surface area (Å²) in [5.74, 6) is -1.87. The lowest BCUT2D eigenvalue weighted by atomic mass is 9.47. The molecule has 2 bridgehead atoms. The van der Waals surface area contributed by atoms with E-state index < -0.39 is 57.9 Å². The van der Waals surface area contributed by atoms with Gasteiger partial charge in [-0.3, -0.25) is 24.2 Å². The number of carbonyl (C=O) groups excluding carboxylic acids is 4. The summed E-state index contributed by atoms with van der Waals surface area (Å²) >= 11 is 0. The van der Waals surface area contributed by atoms with E-state index in [4.69, 9.17) is 23.7 Å². The predicted octanol–water partition coefficient (Wildman–Crippen LogP) is 3.53. The highest BCUT2D eigenvalue weighted by Crippen LogP contribution is 2.68.